The first-order valence-electron chi connectivity index (χ1n) is 7.98. The second-order valence-electron chi connectivity index (χ2n) is 6.12. The lowest BCUT2D eigenvalue weighted by Gasteiger charge is -2.08. The van der Waals surface area contributed by atoms with Gasteiger partial charge in [0, 0.05) is 16.8 Å². The van der Waals surface area contributed by atoms with E-state index < -0.39 is 0 Å². The van der Waals surface area contributed by atoms with Crippen LogP contribution in [0.2, 0.25) is 10.0 Å². The van der Waals surface area contributed by atoms with Crippen LogP contribution < -0.4 is 20.1 Å². The number of amides is 2. The standard InChI is InChI=1S/C18H14Cl2N2O4/c19-9-1-3-13(20)14(5-9)22-18(24)12-7-11(12)17(23)21-10-2-4-15-16(6-10)26-8-25-15/h1-6,11-12H,7-8H2,(H,21,23)(H,22,24). The fourth-order valence-corrected chi connectivity index (χ4v) is 3.14. The van der Waals surface area contributed by atoms with Gasteiger partial charge in [-0.2, -0.15) is 0 Å². The zero-order valence-corrected chi connectivity index (χ0v) is 14.9. The number of halogens is 2. The molecule has 2 N–H and O–H groups in total. The maximum atomic E-state index is 12.4. The lowest BCUT2D eigenvalue weighted by atomic mass is 10.2. The first-order chi connectivity index (χ1) is 12.5. The third-order valence-corrected chi connectivity index (χ3v) is 4.86. The Morgan fingerprint density at radius 1 is 0.923 bits per heavy atom. The van der Waals surface area contributed by atoms with Crippen molar-refractivity contribution >= 4 is 46.4 Å². The largest absolute Gasteiger partial charge is 0.454 e. The smallest absolute Gasteiger partial charge is 0.231 e. The number of nitrogens with one attached hydrogen (secondary N) is 2. The van der Waals surface area contributed by atoms with Crippen LogP contribution >= 0.6 is 23.2 Å². The fourth-order valence-electron chi connectivity index (χ4n) is 2.80. The van der Waals surface area contributed by atoms with Gasteiger partial charge in [-0.05, 0) is 36.8 Å². The van der Waals surface area contributed by atoms with Crippen LogP contribution in [-0.4, -0.2) is 18.6 Å². The van der Waals surface area contributed by atoms with E-state index in [1.807, 2.05) is 0 Å². The average molecular weight is 393 g/mol. The summed E-state index contributed by atoms with van der Waals surface area (Å²) in [7, 11) is 0. The summed E-state index contributed by atoms with van der Waals surface area (Å²) in [6.07, 6.45) is 0.487. The highest BCUT2D eigenvalue weighted by Crippen LogP contribution is 2.41. The van der Waals surface area contributed by atoms with Crippen molar-refractivity contribution in [2.24, 2.45) is 11.8 Å². The number of hydrogen-bond donors (Lipinski definition) is 2. The number of benzene rings is 2. The van der Waals surface area contributed by atoms with Crippen LogP contribution in [0.25, 0.3) is 0 Å². The molecular formula is C18H14Cl2N2O4. The van der Waals surface area contributed by atoms with Crippen molar-refractivity contribution in [2.45, 2.75) is 6.42 Å². The van der Waals surface area contributed by atoms with Gasteiger partial charge in [-0.3, -0.25) is 9.59 Å². The summed E-state index contributed by atoms with van der Waals surface area (Å²) in [5, 5.41) is 6.39. The average Bonchev–Trinajstić information content (AvgIpc) is 3.29. The van der Waals surface area contributed by atoms with Crippen LogP contribution in [0.15, 0.2) is 36.4 Å². The van der Waals surface area contributed by atoms with E-state index in [1.165, 1.54) is 0 Å². The van der Waals surface area contributed by atoms with Crippen LogP contribution in [0.5, 0.6) is 11.5 Å². The molecule has 1 heterocycles. The molecule has 0 radical (unpaired) electrons. The van der Waals surface area contributed by atoms with Gasteiger partial charge in [0.15, 0.2) is 11.5 Å². The first kappa shape index (κ1) is 17.0. The Morgan fingerprint density at radius 3 is 2.46 bits per heavy atom. The Labute approximate surface area is 159 Å². The summed E-state index contributed by atoms with van der Waals surface area (Å²) in [4.78, 5) is 24.7. The molecule has 26 heavy (non-hydrogen) atoms. The van der Waals surface area contributed by atoms with Crippen molar-refractivity contribution in [1.82, 2.24) is 0 Å². The number of hydrogen-bond acceptors (Lipinski definition) is 4. The molecule has 1 aliphatic carbocycles. The van der Waals surface area contributed by atoms with Crippen LogP contribution in [0.1, 0.15) is 6.42 Å². The predicted octanol–water partition coefficient (Wildman–Crippen LogP) is 3.94. The molecule has 6 nitrogen and oxygen atoms in total. The predicted molar refractivity (Wildman–Crippen MR) is 97.9 cm³/mol. The minimum absolute atomic E-state index is 0.170. The van der Waals surface area contributed by atoms with Crippen LogP contribution in [0.3, 0.4) is 0 Å². The second-order valence-corrected chi connectivity index (χ2v) is 6.96. The van der Waals surface area contributed by atoms with Crippen molar-refractivity contribution in [1.29, 1.82) is 0 Å². The van der Waals surface area contributed by atoms with E-state index in [4.69, 9.17) is 32.7 Å². The molecule has 2 unspecified atom stereocenters. The Bertz CT molecular complexity index is 903. The highest BCUT2D eigenvalue weighted by Gasteiger charge is 2.48. The van der Waals surface area contributed by atoms with Gasteiger partial charge < -0.3 is 20.1 Å². The first-order valence-corrected chi connectivity index (χ1v) is 8.73. The van der Waals surface area contributed by atoms with Crippen LogP contribution in [0.4, 0.5) is 11.4 Å². The number of rotatable bonds is 4. The third kappa shape index (κ3) is 3.43. The molecule has 134 valence electrons. The van der Waals surface area contributed by atoms with E-state index >= 15 is 0 Å². The minimum atomic E-state index is -0.390. The summed E-state index contributed by atoms with van der Waals surface area (Å²) in [5.41, 5.74) is 1.04. The number of fused-ring (bicyclic) bond motifs is 1. The van der Waals surface area contributed by atoms with Crippen molar-refractivity contribution in [3.63, 3.8) is 0 Å². The van der Waals surface area contributed by atoms with E-state index in [0.717, 1.165) is 0 Å². The van der Waals surface area contributed by atoms with Gasteiger partial charge in [0.2, 0.25) is 18.6 Å². The zero-order valence-electron chi connectivity index (χ0n) is 13.4. The molecule has 0 spiro atoms. The van der Waals surface area contributed by atoms with Crippen molar-refractivity contribution in [3.8, 4) is 11.5 Å². The third-order valence-electron chi connectivity index (χ3n) is 4.29. The van der Waals surface area contributed by atoms with E-state index in [9.17, 15) is 9.59 Å². The maximum absolute atomic E-state index is 12.4. The molecule has 2 aliphatic rings. The Kier molecular flexibility index (Phi) is 4.38. The second kappa shape index (κ2) is 6.70. The molecule has 2 aromatic carbocycles. The highest BCUT2D eigenvalue weighted by molar-refractivity contribution is 6.35. The molecule has 2 amide bonds. The fraction of sp³-hybridized carbons (Fsp3) is 0.222. The van der Waals surface area contributed by atoms with E-state index in [0.29, 0.717) is 39.3 Å². The van der Waals surface area contributed by atoms with Crippen molar-refractivity contribution in [3.05, 3.63) is 46.4 Å². The lowest BCUT2D eigenvalue weighted by Crippen LogP contribution is -2.20. The summed E-state index contributed by atoms with van der Waals surface area (Å²) in [6.45, 7) is 0.170. The van der Waals surface area contributed by atoms with Gasteiger partial charge >= 0.3 is 0 Å². The van der Waals surface area contributed by atoms with Gasteiger partial charge in [0.05, 0.1) is 22.5 Å². The Balaban J connectivity index is 1.36. The maximum Gasteiger partial charge on any atom is 0.231 e. The Hall–Kier alpha value is -2.44. The van der Waals surface area contributed by atoms with Gasteiger partial charge in [0.1, 0.15) is 0 Å². The van der Waals surface area contributed by atoms with Gasteiger partial charge in [-0.1, -0.05) is 23.2 Å². The molecule has 4 rings (SSSR count). The summed E-state index contributed by atoms with van der Waals surface area (Å²) in [6, 6.07) is 9.98. The molecule has 1 fully saturated rings. The molecule has 2 atom stereocenters. The van der Waals surface area contributed by atoms with Crippen LogP contribution in [0, 0.1) is 11.8 Å². The highest BCUT2D eigenvalue weighted by atomic mass is 35.5. The van der Waals surface area contributed by atoms with Crippen LogP contribution in [-0.2, 0) is 9.59 Å². The Morgan fingerprint density at radius 2 is 1.65 bits per heavy atom. The van der Waals surface area contributed by atoms with Gasteiger partial charge in [0.25, 0.3) is 0 Å². The van der Waals surface area contributed by atoms with E-state index in [2.05, 4.69) is 10.6 Å². The minimum Gasteiger partial charge on any atom is -0.454 e. The van der Waals surface area contributed by atoms with Crippen molar-refractivity contribution < 1.29 is 19.1 Å². The van der Waals surface area contributed by atoms with E-state index in [-0.39, 0.29) is 30.4 Å². The zero-order chi connectivity index (χ0) is 18.3. The lowest BCUT2D eigenvalue weighted by molar-refractivity contribution is -0.122. The van der Waals surface area contributed by atoms with Gasteiger partial charge in [-0.25, -0.2) is 0 Å². The number of carbonyl (C=O) groups is 2. The molecule has 8 heteroatoms. The molecule has 1 aliphatic heterocycles. The van der Waals surface area contributed by atoms with Gasteiger partial charge in [-0.15, -0.1) is 0 Å². The monoisotopic (exact) mass is 392 g/mol. The van der Waals surface area contributed by atoms with E-state index in [1.54, 1.807) is 36.4 Å². The molecular weight excluding hydrogens is 379 g/mol. The molecule has 0 bridgehead atoms. The van der Waals surface area contributed by atoms with Crippen molar-refractivity contribution in [2.75, 3.05) is 17.4 Å². The summed E-state index contributed by atoms with van der Waals surface area (Å²) < 4.78 is 10.5. The summed E-state index contributed by atoms with van der Waals surface area (Å²) in [5.74, 6) is 0.00668. The summed E-state index contributed by atoms with van der Waals surface area (Å²) >= 11 is 12.0. The quantitative estimate of drug-likeness (QED) is 0.825. The molecule has 1 saturated carbocycles. The molecule has 0 saturated heterocycles. The molecule has 0 aromatic heterocycles. The topological polar surface area (TPSA) is 76.7 Å². The SMILES string of the molecule is O=C(Nc1ccc2c(c1)OCO2)C1CC1C(=O)Nc1cc(Cl)ccc1Cl. The number of carbonyl (C=O) groups excluding carboxylic acids is 2. The molecule has 2 aromatic rings. The number of ether oxygens (including phenoxy) is 2. The number of anilines is 2. The normalized spacial score (nSPS) is 19.8.